The van der Waals surface area contributed by atoms with Gasteiger partial charge in [0.05, 0.1) is 10.5 Å². The third-order valence-electron chi connectivity index (χ3n) is 3.38. The minimum Gasteiger partial charge on any atom is -0.329 e. The van der Waals surface area contributed by atoms with E-state index in [4.69, 9.17) is 5.73 Å². The fourth-order valence-corrected chi connectivity index (χ4v) is 4.02. The monoisotopic (exact) mass is 344 g/mol. The van der Waals surface area contributed by atoms with Gasteiger partial charge in [0, 0.05) is 19.1 Å². The lowest BCUT2D eigenvalue weighted by molar-refractivity contribution is -0.137. The second kappa shape index (κ2) is 6.51. The van der Waals surface area contributed by atoms with Crippen LogP contribution >= 0.6 is 12.4 Å². The zero-order valence-corrected chi connectivity index (χ0v) is 12.6. The van der Waals surface area contributed by atoms with Crippen molar-refractivity contribution >= 4 is 22.4 Å². The summed E-state index contributed by atoms with van der Waals surface area (Å²) in [5, 5.41) is 0. The van der Waals surface area contributed by atoms with Crippen molar-refractivity contribution < 1.29 is 21.6 Å². The molecule has 0 aliphatic carbocycles. The molecule has 0 saturated carbocycles. The zero-order chi connectivity index (χ0) is 15.0. The molecule has 1 aromatic rings. The molecule has 0 aromatic heterocycles. The van der Waals surface area contributed by atoms with E-state index in [9.17, 15) is 21.6 Å². The molecule has 9 heteroatoms. The lowest BCUT2D eigenvalue weighted by Crippen LogP contribution is -2.39. The Morgan fingerprint density at radius 1 is 1.24 bits per heavy atom. The van der Waals surface area contributed by atoms with E-state index in [-0.39, 0.29) is 29.9 Å². The molecule has 1 heterocycles. The molecule has 0 bridgehead atoms. The number of rotatable bonds is 3. The van der Waals surface area contributed by atoms with E-state index in [1.165, 1.54) is 4.31 Å². The van der Waals surface area contributed by atoms with Crippen molar-refractivity contribution in [2.24, 2.45) is 5.73 Å². The normalized spacial score (nSPS) is 20.3. The Morgan fingerprint density at radius 2 is 1.81 bits per heavy atom. The van der Waals surface area contributed by atoms with Crippen molar-refractivity contribution in [1.29, 1.82) is 0 Å². The molecular formula is C12H16ClF3N2O2S. The van der Waals surface area contributed by atoms with Gasteiger partial charge in [-0.05, 0) is 37.1 Å². The predicted molar refractivity (Wildman–Crippen MR) is 74.7 cm³/mol. The van der Waals surface area contributed by atoms with Gasteiger partial charge >= 0.3 is 6.18 Å². The van der Waals surface area contributed by atoms with Crippen LogP contribution in [-0.2, 0) is 16.2 Å². The van der Waals surface area contributed by atoms with Gasteiger partial charge in [0.1, 0.15) is 0 Å². The number of sulfonamides is 1. The van der Waals surface area contributed by atoms with E-state index < -0.39 is 21.8 Å². The molecule has 120 valence electrons. The summed E-state index contributed by atoms with van der Waals surface area (Å²) in [4.78, 5) is -0.133. The third kappa shape index (κ3) is 3.68. The molecule has 0 amide bonds. The van der Waals surface area contributed by atoms with Gasteiger partial charge in [-0.3, -0.25) is 0 Å². The summed E-state index contributed by atoms with van der Waals surface area (Å²) in [5.74, 6) is 0. The van der Waals surface area contributed by atoms with E-state index in [0.29, 0.717) is 19.4 Å². The Hall–Kier alpha value is -0.830. The van der Waals surface area contributed by atoms with Crippen molar-refractivity contribution in [2.75, 3.05) is 13.1 Å². The summed E-state index contributed by atoms with van der Waals surface area (Å²) >= 11 is 0. The number of alkyl halides is 3. The smallest absolute Gasteiger partial charge is 0.329 e. The maximum absolute atomic E-state index is 12.5. The first-order valence-electron chi connectivity index (χ1n) is 6.16. The first-order chi connectivity index (χ1) is 9.26. The molecule has 1 aliphatic heterocycles. The maximum Gasteiger partial charge on any atom is 0.416 e. The first-order valence-corrected chi connectivity index (χ1v) is 7.60. The van der Waals surface area contributed by atoms with E-state index in [2.05, 4.69) is 0 Å². The second-order valence-electron chi connectivity index (χ2n) is 4.67. The van der Waals surface area contributed by atoms with E-state index in [1.807, 2.05) is 0 Å². The molecule has 0 spiro atoms. The van der Waals surface area contributed by atoms with E-state index in [0.717, 1.165) is 24.3 Å². The average Bonchev–Trinajstić information content (AvgIpc) is 2.87. The zero-order valence-electron chi connectivity index (χ0n) is 11.0. The SMILES string of the molecule is Cl.NCC1CCCN1S(=O)(=O)c1ccc(C(F)(F)F)cc1. The van der Waals surface area contributed by atoms with Gasteiger partial charge in [-0.15, -0.1) is 12.4 Å². The van der Waals surface area contributed by atoms with E-state index >= 15 is 0 Å². The topological polar surface area (TPSA) is 63.4 Å². The highest BCUT2D eigenvalue weighted by molar-refractivity contribution is 7.89. The van der Waals surface area contributed by atoms with Gasteiger partial charge in [0.25, 0.3) is 0 Å². The van der Waals surface area contributed by atoms with Crippen LogP contribution in [0.15, 0.2) is 29.2 Å². The molecule has 21 heavy (non-hydrogen) atoms. The lowest BCUT2D eigenvalue weighted by Gasteiger charge is -2.23. The largest absolute Gasteiger partial charge is 0.416 e. The molecule has 2 N–H and O–H groups in total. The maximum atomic E-state index is 12.5. The average molecular weight is 345 g/mol. The van der Waals surface area contributed by atoms with Gasteiger partial charge in [0.15, 0.2) is 0 Å². The van der Waals surface area contributed by atoms with Crippen LogP contribution in [-0.4, -0.2) is 31.9 Å². The summed E-state index contributed by atoms with van der Waals surface area (Å²) in [6.07, 6.45) is -3.09. The van der Waals surface area contributed by atoms with Crippen molar-refractivity contribution in [2.45, 2.75) is 30.0 Å². The van der Waals surface area contributed by atoms with Crippen LogP contribution < -0.4 is 5.73 Å². The van der Waals surface area contributed by atoms with Gasteiger partial charge in [-0.25, -0.2) is 8.42 Å². The Morgan fingerprint density at radius 3 is 2.29 bits per heavy atom. The molecule has 1 atom stereocenters. The van der Waals surface area contributed by atoms with Crippen LogP contribution in [0, 0.1) is 0 Å². The summed E-state index contributed by atoms with van der Waals surface area (Å²) in [6.45, 7) is 0.561. The molecule has 1 aromatic carbocycles. The summed E-state index contributed by atoms with van der Waals surface area (Å²) < 4.78 is 63.4. The quantitative estimate of drug-likeness (QED) is 0.914. The van der Waals surface area contributed by atoms with Crippen LogP contribution in [0.2, 0.25) is 0 Å². The van der Waals surface area contributed by atoms with Crippen LogP contribution in [0.5, 0.6) is 0 Å². The highest BCUT2D eigenvalue weighted by Gasteiger charge is 2.35. The highest BCUT2D eigenvalue weighted by atomic mass is 35.5. The number of nitrogens with two attached hydrogens (primary N) is 1. The Labute approximate surface area is 127 Å². The van der Waals surface area contributed by atoms with Crippen molar-refractivity contribution in [3.05, 3.63) is 29.8 Å². The number of halogens is 4. The molecule has 1 unspecified atom stereocenters. The van der Waals surface area contributed by atoms with Gasteiger partial charge in [-0.1, -0.05) is 0 Å². The molecule has 2 rings (SSSR count). The molecule has 0 radical (unpaired) electrons. The van der Waals surface area contributed by atoms with Crippen molar-refractivity contribution in [3.63, 3.8) is 0 Å². The fraction of sp³-hybridized carbons (Fsp3) is 0.500. The number of benzene rings is 1. The highest BCUT2D eigenvalue weighted by Crippen LogP contribution is 2.31. The van der Waals surface area contributed by atoms with E-state index in [1.54, 1.807) is 0 Å². The lowest BCUT2D eigenvalue weighted by atomic mass is 10.2. The molecule has 1 aliphatic rings. The minimum atomic E-state index is -4.48. The Balaban J connectivity index is 0.00000220. The van der Waals surface area contributed by atoms with Crippen LogP contribution in [0.1, 0.15) is 18.4 Å². The van der Waals surface area contributed by atoms with Crippen LogP contribution in [0.25, 0.3) is 0 Å². The number of hydrogen-bond acceptors (Lipinski definition) is 3. The molecule has 4 nitrogen and oxygen atoms in total. The fourth-order valence-electron chi connectivity index (χ4n) is 2.31. The summed E-state index contributed by atoms with van der Waals surface area (Å²) in [6, 6.07) is 3.26. The Kier molecular flexibility index (Phi) is 5.65. The second-order valence-corrected chi connectivity index (χ2v) is 6.56. The Bertz CT molecular complexity index is 575. The summed E-state index contributed by atoms with van der Waals surface area (Å²) in [5.41, 5.74) is 4.66. The number of hydrogen-bond donors (Lipinski definition) is 1. The van der Waals surface area contributed by atoms with Crippen molar-refractivity contribution in [3.8, 4) is 0 Å². The first kappa shape index (κ1) is 18.2. The van der Waals surface area contributed by atoms with Crippen LogP contribution in [0.3, 0.4) is 0 Å². The van der Waals surface area contributed by atoms with Gasteiger partial charge in [-0.2, -0.15) is 17.5 Å². The molecular weight excluding hydrogens is 329 g/mol. The van der Waals surface area contributed by atoms with Gasteiger partial charge in [0.2, 0.25) is 10.0 Å². The predicted octanol–water partition coefficient (Wildman–Crippen LogP) is 2.24. The molecule has 1 saturated heterocycles. The molecule has 1 fully saturated rings. The third-order valence-corrected chi connectivity index (χ3v) is 5.35. The van der Waals surface area contributed by atoms with Gasteiger partial charge < -0.3 is 5.73 Å². The minimum absolute atomic E-state index is 0. The standard InChI is InChI=1S/C12H15F3N2O2S.ClH/c13-12(14,15)9-3-5-11(6-4-9)20(18,19)17-7-1-2-10(17)8-16;/h3-6,10H,1-2,7-8,16H2;1H. The van der Waals surface area contributed by atoms with Crippen LogP contribution in [0.4, 0.5) is 13.2 Å². The summed E-state index contributed by atoms with van der Waals surface area (Å²) in [7, 11) is -3.78. The van der Waals surface area contributed by atoms with Crippen molar-refractivity contribution in [1.82, 2.24) is 4.31 Å². The number of nitrogens with zero attached hydrogens (tertiary/aromatic N) is 1.